The van der Waals surface area contributed by atoms with Crippen LogP contribution in [0.1, 0.15) is 19.6 Å². The average Bonchev–Trinajstić information content (AvgIpc) is 3.11. The van der Waals surface area contributed by atoms with Crippen molar-refractivity contribution in [3.8, 4) is 0 Å². The lowest BCUT2D eigenvalue weighted by Gasteiger charge is -2.16. The summed E-state index contributed by atoms with van der Waals surface area (Å²) in [6.45, 7) is 2.08. The van der Waals surface area contributed by atoms with Crippen molar-refractivity contribution in [2.24, 2.45) is 5.84 Å². The number of anilines is 2. The third-order valence-corrected chi connectivity index (χ3v) is 5.08. The maximum Gasteiger partial charge on any atom is 0.241 e. The quantitative estimate of drug-likeness (QED) is 0.259. The maximum atomic E-state index is 10.4. The van der Waals surface area contributed by atoms with Gasteiger partial charge >= 0.3 is 0 Å². The van der Waals surface area contributed by atoms with Gasteiger partial charge in [0.15, 0.2) is 17.7 Å². The SMILES string of the molecule is CCCSC[C@H]1O[C@@H](n2cnc3c(N)nc(NN)nc32)[C@H](O)[C@@H]1O. The first kappa shape index (κ1) is 17.2. The first-order chi connectivity index (χ1) is 11.6. The van der Waals surface area contributed by atoms with Gasteiger partial charge in [0.25, 0.3) is 0 Å². The van der Waals surface area contributed by atoms with E-state index in [9.17, 15) is 10.2 Å². The number of nitrogens with one attached hydrogen (secondary N) is 1. The van der Waals surface area contributed by atoms with Crippen molar-refractivity contribution in [3.05, 3.63) is 6.33 Å². The summed E-state index contributed by atoms with van der Waals surface area (Å²) in [5.41, 5.74) is 8.91. The standard InChI is InChI=1S/C13H21N7O3S/c1-2-3-24-4-6-8(21)9(22)12(23-6)20-5-16-7-10(14)17-13(19-15)18-11(7)20/h5-6,8-9,12,21-22H,2-4,15H2,1H3,(H3,14,17,18,19)/t6-,8-,9-,12-/m1/s1. The van der Waals surface area contributed by atoms with E-state index < -0.39 is 24.5 Å². The monoisotopic (exact) mass is 355 g/mol. The van der Waals surface area contributed by atoms with Crippen LogP contribution in [0.4, 0.5) is 11.8 Å². The number of nitrogen functional groups attached to an aromatic ring is 2. The Bertz CT molecular complexity index is 712. The van der Waals surface area contributed by atoms with Crippen molar-refractivity contribution in [1.82, 2.24) is 19.5 Å². The lowest BCUT2D eigenvalue weighted by atomic mass is 10.1. The number of hydrogen-bond acceptors (Lipinski definition) is 10. The Morgan fingerprint density at radius 3 is 2.88 bits per heavy atom. The van der Waals surface area contributed by atoms with Crippen LogP contribution in [0.3, 0.4) is 0 Å². The molecule has 132 valence electrons. The number of hydrogen-bond donors (Lipinski definition) is 5. The normalized spacial score (nSPS) is 27.0. The van der Waals surface area contributed by atoms with Crippen molar-refractivity contribution in [1.29, 1.82) is 0 Å². The fourth-order valence-corrected chi connectivity index (χ4v) is 3.59. The first-order valence-electron chi connectivity index (χ1n) is 7.62. The minimum absolute atomic E-state index is 0.129. The van der Waals surface area contributed by atoms with Gasteiger partial charge in [0.2, 0.25) is 5.95 Å². The van der Waals surface area contributed by atoms with E-state index in [2.05, 4.69) is 27.3 Å². The number of aromatic nitrogens is 4. The molecule has 1 saturated heterocycles. The molecule has 1 fully saturated rings. The molecule has 3 heterocycles. The van der Waals surface area contributed by atoms with E-state index in [4.69, 9.17) is 16.3 Å². The number of hydrazine groups is 1. The van der Waals surface area contributed by atoms with Crippen LogP contribution in [-0.4, -0.2) is 59.5 Å². The van der Waals surface area contributed by atoms with Crippen molar-refractivity contribution >= 4 is 34.7 Å². The highest BCUT2D eigenvalue weighted by molar-refractivity contribution is 7.99. The smallest absolute Gasteiger partial charge is 0.241 e. The summed E-state index contributed by atoms with van der Waals surface area (Å²) in [5.74, 6) is 7.20. The second-order valence-corrected chi connectivity index (χ2v) is 6.67. The van der Waals surface area contributed by atoms with Crippen LogP contribution in [0, 0.1) is 0 Å². The number of nitrogens with two attached hydrogens (primary N) is 2. The molecule has 3 rings (SSSR count). The van der Waals surface area contributed by atoms with Crippen LogP contribution in [0.2, 0.25) is 0 Å². The van der Waals surface area contributed by atoms with Crippen molar-refractivity contribution < 1.29 is 14.9 Å². The van der Waals surface area contributed by atoms with Crippen LogP contribution >= 0.6 is 11.8 Å². The highest BCUT2D eigenvalue weighted by Gasteiger charge is 2.44. The topological polar surface area (TPSA) is 157 Å². The van der Waals surface area contributed by atoms with Crippen LogP contribution < -0.4 is 17.0 Å². The summed E-state index contributed by atoms with van der Waals surface area (Å²) >= 11 is 1.67. The molecule has 1 aliphatic heterocycles. The number of aliphatic hydroxyl groups is 2. The second kappa shape index (κ2) is 7.07. The van der Waals surface area contributed by atoms with Gasteiger partial charge in [-0.1, -0.05) is 6.92 Å². The third-order valence-electron chi connectivity index (χ3n) is 3.82. The van der Waals surface area contributed by atoms with E-state index in [0.717, 1.165) is 12.2 Å². The van der Waals surface area contributed by atoms with Crippen LogP contribution in [-0.2, 0) is 4.74 Å². The molecule has 0 spiro atoms. The largest absolute Gasteiger partial charge is 0.387 e. The van der Waals surface area contributed by atoms with E-state index in [-0.39, 0.29) is 11.8 Å². The van der Waals surface area contributed by atoms with Gasteiger partial charge in [-0.05, 0) is 12.2 Å². The van der Waals surface area contributed by atoms with Gasteiger partial charge in [-0.2, -0.15) is 21.7 Å². The third kappa shape index (κ3) is 3.00. The fraction of sp³-hybridized carbons (Fsp3) is 0.615. The van der Waals surface area contributed by atoms with E-state index in [1.807, 2.05) is 0 Å². The summed E-state index contributed by atoms with van der Waals surface area (Å²) in [4.78, 5) is 12.3. The molecule has 0 unspecified atom stereocenters. The molecular weight excluding hydrogens is 334 g/mol. The van der Waals surface area contributed by atoms with Gasteiger partial charge in [0, 0.05) is 5.75 Å². The first-order valence-corrected chi connectivity index (χ1v) is 8.78. The Kier molecular flexibility index (Phi) is 5.06. The van der Waals surface area contributed by atoms with E-state index in [1.165, 1.54) is 10.9 Å². The summed E-state index contributed by atoms with van der Waals surface area (Å²) in [6, 6.07) is 0. The molecule has 7 N–H and O–H groups in total. The number of nitrogens with zero attached hydrogens (tertiary/aromatic N) is 4. The minimum Gasteiger partial charge on any atom is -0.387 e. The van der Waals surface area contributed by atoms with E-state index >= 15 is 0 Å². The molecule has 0 radical (unpaired) electrons. The molecule has 2 aromatic rings. The zero-order valence-corrected chi connectivity index (χ0v) is 14.0. The molecule has 0 saturated carbocycles. The molecule has 0 amide bonds. The molecule has 0 aliphatic carbocycles. The Morgan fingerprint density at radius 1 is 1.38 bits per heavy atom. The number of rotatable bonds is 6. The van der Waals surface area contributed by atoms with Crippen LogP contribution in [0.5, 0.6) is 0 Å². The molecule has 1 aliphatic rings. The molecule has 0 aromatic carbocycles. The Hall–Kier alpha value is -1.66. The number of aliphatic hydroxyl groups excluding tert-OH is 2. The number of imidazole rings is 1. The number of ether oxygens (including phenoxy) is 1. The highest BCUT2D eigenvalue weighted by Crippen LogP contribution is 2.33. The Labute approximate surface area is 142 Å². The number of fused-ring (bicyclic) bond motifs is 1. The van der Waals surface area contributed by atoms with Gasteiger partial charge in [-0.15, -0.1) is 0 Å². The maximum absolute atomic E-state index is 10.4. The van der Waals surface area contributed by atoms with Gasteiger partial charge in [-0.25, -0.2) is 10.8 Å². The summed E-state index contributed by atoms with van der Waals surface area (Å²) in [5, 5.41) is 20.6. The molecule has 11 heteroatoms. The van der Waals surface area contributed by atoms with Crippen LogP contribution in [0.15, 0.2) is 6.33 Å². The van der Waals surface area contributed by atoms with Gasteiger partial charge in [0.1, 0.15) is 17.7 Å². The lowest BCUT2D eigenvalue weighted by Crippen LogP contribution is -2.32. The van der Waals surface area contributed by atoms with Crippen molar-refractivity contribution in [2.45, 2.75) is 37.9 Å². The molecular formula is C13H21N7O3S. The molecule has 0 bridgehead atoms. The van der Waals surface area contributed by atoms with Gasteiger partial charge < -0.3 is 20.7 Å². The summed E-state index contributed by atoms with van der Waals surface area (Å²) in [6.07, 6.45) is -0.861. The van der Waals surface area contributed by atoms with Gasteiger partial charge in [-0.3, -0.25) is 9.99 Å². The lowest BCUT2D eigenvalue weighted by molar-refractivity contribution is -0.0288. The highest BCUT2D eigenvalue weighted by atomic mass is 32.2. The molecule has 4 atom stereocenters. The van der Waals surface area contributed by atoms with Crippen LogP contribution in [0.25, 0.3) is 11.2 Å². The zero-order valence-electron chi connectivity index (χ0n) is 13.2. The second-order valence-electron chi connectivity index (χ2n) is 5.52. The number of thioether (sulfide) groups is 1. The van der Waals surface area contributed by atoms with E-state index in [1.54, 1.807) is 11.8 Å². The predicted molar refractivity (Wildman–Crippen MR) is 91.1 cm³/mol. The van der Waals surface area contributed by atoms with Crippen molar-refractivity contribution in [3.63, 3.8) is 0 Å². The molecule has 24 heavy (non-hydrogen) atoms. The average molecular weight is 355 g/mol. The van der Waals surface area contributed by atoms with Gasteiger partial charge in [0.05, 0.1) is 12.4 Å². The minimum atomic E-state index is -1.10. The summed E-state index contributed by atoms with van der Waals surface area (Å²) in [7, 11) is 0. The molecule has 10 nitrogen and oxygen atoms in total. The Balaban J connectivity index is 1.88. The molecule has 2 aromatic heterocycles. The Morgan fingerprint density at radius 2 is 2.17 bits per heavy atom. The fourth-order valence-electron chi connectivity index (χ4n) is 2.63. The zero-order chi connectivity index (χ0) is 17.3. The summed E-state index contributed by atoms with van der Waals surface area (Å²) < 4.78 is 7.38. The predicted octanol–water partition coefficient (Wildman–Crippen LogP) is -0.543. The van der Waals surface area contributed by atoms with E-state index in [0.29, 0.717) is 16.9 Å². The van der Waals surface area contributed by atoms with Crippen molar-refractivity contribution in [2.75, 3.05) is 22.7 Å².